The van der Waals surface area contributed by atoms with Gasteiger partial charge in [0.15, 0.2) is 0 Å². The molecule has 0 atom stereocenters. The predicted octanol–water partition coefficient (Wildman–Crippen LogP) is 4.41. The summed E-state index contributed by atoms with van der Waals surface area (Å²) in [4.78, 5) is 11.2. The molecule has 25 heavy (non-hydrogen) atoms. The minimum Gasteiger partial charge on any atom is -0.380 e. The molecule has 0 amide bonds. The quantitative estimate of drug-likeness (QED) is 0.711. The maximum atomic E-state index is 4.67. The van der Waals surface area contributed by atoms with E-state index in [9.17, 15) is 0 Å². The lowest BCUT2D eigenvalue weighted by Crippen LogP contribution is -2.30. The number of hydrogen-bond acceptors (Lipinski definition) is 4. The first-order valence-electron chi connectivity index (χ1n) is 8.39. The van der Waals surface area contributed by atoms with Crippen molar-refractivity contribution in [2.75, 3.05) is 16.8 Å². The molecule has 0 spiro atoms. The summed E-state index contributed by atoms with van der Waals surface area (Å²) in [5, 5.41) is 3.37. The van der Waals surface area contributed by atoms with Crippen LogP contribution in [-0.4, -0.2) is 16.5 Å². The number of halogens is 1. The first-order valence-corrected chi connectivity index (χ1v) is 9.18. The molecule has 3 heterocycles. The summed E-state index contributed by atoms with van der Waals surface area (Å²) < 4.78 is 0.969. The minimum atomic E-state index is 0.730. The lowest BCUT2D eigenvalue weighted by Gasteiger charge is -2.29. The van der Waals surface area contributed by atoms with Gasteiger partial charge in [0.05, 0.1) is 11.9 Å². The van der Waals surface area contributed by atoms with E-state index in [1.54, 1.807) is 6.20 Å². The zero-order valence-corrected chi connectivity index (χ0v) is 15.4. The molecule has 2 aromatic heterocycles. The summed E-state index contributed by atoms with van der Waals surface area (Å²) in [5.74, 6) is 1.04. The Hall–Kier alpha value is -2.40. The Kier molecular flexibility index (Phi) is 4.65. The number of rotatable bonds is 4. The third-order valence-electron chi connectivity index (χ3n) is 4.47. The highest BCUT2D eigenvalue weighted by atomic mass is 79.9. The molecule has 3 aromatic rings. The average Bonchev–Trinajstić information content (AvgIpc) is 2.66. The number of hydrogen-bond donors (Lipinski definition) is 1. The van der Waals surface area contributed by atoms with Crippen molar-refractivity contribution < 1.29 is 0 Å². The number of aromatic nitrogens is 2. The Morgan fingerprint density at radius 3 is 2.72 bits per heavy atom. The highest BCUT2D eigenvalue weighted by molar-refractivity contribution is 9.10. The van der Waals surface area contributed by atoms with E-state index in [2.05, 4.69) is 72.5 Å². The van der Waals surface area contributed by atoms with E-state index in [0.29, 0.717) is 0 Å². The van der Waals surface area contributed by atoms with E-state index in [1.807, 2.05) is 18.5 Å². The summed E-state index contributed by atoms with van der Waals surface area (Å²) in [6.45, 7) is 2.68. The molecule has 1 N–H and O–H groups in total. The van der Waals surface area contributed by atoms with Gasteiger partial charge in [-0.3, -0.25) is 4.98 Å². The molecule has 0 bridgehead atoms. The normalized spacial score (nSPS) is 13.4. The van der Waals surface area contributed by atoms with Crippen LogP contribution in [0.1, 0.15) is 16.7 Å². The van der Waals surface area contributed by atoms with Crippen LogP contribution in [0.15, 0.2) is 65.5 Å². The van der Waals surface area contributed by atoms with E-state index in [0.717, 1.165) is 47.6 Å². The van der Waals surface area contributed by atoms with Crippen LogP contribution < -0.4 is 10.2 Å². The molecule has 0 saturated carbocycles. The van der Waals surface area contributed by atoms with Crippen molar-refractivity contribution in [1.82, 2.24) is 9.97 Å². The van der Waals surface area contributed by atoms with Crippen LogP contribution >= 0.6 is 15.9 Å². The second kappa shape index (κ2) is 7.23. The van der Waals surface area contributed by atoms with Gasteiger partial charge < -0.3 is 10.2 Å². The first kappa shape index (κ1) is 16.1. The number of nitrogens with zero attached hydrogens (tertiary/aromatic N) is 3. The number of anilines is 2. The monoisotopic (exact) mass is 394 g/mol. The van der Waals surface area contributed by atoms with Crippen molar-refractivity contribution in [2.24, 2.45) is 0 Å². The SMILES string of the molecule is Brc1cncc(NCc2ccc(N3CCc4ccccc4C3)nc2)c1. The van der Waals surface area contributed by atoms with Crippen molar-refractivity contribution in [3.05, 3.63) is 82.2 Å². The van der Waals surface area contributed by atoms with Gasteiger partial charge >= 0.3 is 0 Å². The highest BCUT2D eigenvalue weighted by Gasteiger charge is 2.16. The second-order valence-electron chi connectivity index (χ2n) is 6.21. The van der Waals surface area contributed by atoms with Gasteiger partial charge in [0.2, 0.25) is 0 Å². The third-order valence-corrected chi connectivity index (χ3v) is 4.90. The average molecular weight is 395 g/mol. The maximum absolute atomic E-state index is 4.67. The zero-order chi connectivity index (χ0) is 17.1. The molecule has 0 aliphatic carbocycles. The van der Waals surface area contributed by atoms with Gasteiger partial charge in [-0.05, 0) is 51.2 Å². The molecular formula is C20H19BrN4. The van der Waals surface area contributed by atoms with E-state index in [1.165, 1.54) is 11.1 Å². The van der Waals surface area contributed by atoms with Crippen molar-refractivity contribution in [1.29, 1.82) is 0 Å². The van der Waals surface area contributed by atoms with Crippen LogP contribution in [0, 0.1) is 0 Å². The fourth-order valence-corrected chi connectivity index (χ4v) is 3.48. The first-order chi connectivity index (χ1) is 12.3. The van der Waals surface area contributed by atoms with Crippen molar-refractivity contribution in [3.8, 4) is 0 Å². The molecule has 126 valence electrons. The molecule has 0 fully saturated rings. The lowest BCUT2D eigenvalue weighted by atomic mass is 10.00. The molecule has 1 aliphatic rings. The lowest BCUT2D eigenvalue weighted by molar-refractivity contribution is 0.720. The Labute approximate surface area is 156 Å². The van der Waals surface area contributed by atoms with Crippen LogP contribution in [0.3, 0.4) is 0 Å². The molecule has 5 heteroatoms. The minimum absolute atomic E-state index is 0.730. The second-order valence-corrected chi connectivity index (χ2v) is 7.13. The van der Waals surface area contributed by atoms with Gasteiger partial charge in [0.1, 0.15) is 5.82 Å². The Morgan fingerprint density at radius 1 is 1.04 bits per heavy atom. The highest BCUT2D eigenvalue weighted by Crippen LogP contribution is 2.23. The van der Waals surface area contributed by atoms with Crippen LogP contribution in [-0.2, 0) is 19.5 Å². The van der Waals surface area contributed by atoms with Crippen molar-refractivity contribution in [2.45, 2.75) is 19.5 Å². The standard InChI is InChI=1S/C20H19BrN4/c21-18-9-19(13-22-12-18)23-10-15-5-6-20(24-11-15)25-8-7-16-3-1-2-4-17(16)14-25/h1-6,9,11-13,23H,7-8,10,14H2. The summed E-state index contributed by atoms with van der Waals surface area (Å²) in [6, 6.07) is 14.9. The smallest absolute Gasteiger partial charge is 0.128 e. The molecule has 4 nitrogen and oxygen atoms in total. The summed E-state index contributed by atoms with van der Waals surface area (Å²) in [7, 11) is 0. The molecule has 1 aliphatic heterocycles. The van der Waals surface area contributed by atoms with Crippen molar-refractivity contribution in [3.63, 3.8) is 0 Å². The largest absolute Gasteiger partial charge is 0.380 e. The topological polar surface area (TPSA) is 41.1 Å². The zero-order valence-electron chi connectivity index (χ0n) is 13.8. The van der Waals surface area contributed by atoms with Crippen LogP contribution in [0.25, 0.3) is 0 Å². The Balaban J connectivity index is 1.40. The molecule has 0 unspecified atom stereocenters. The number of fused-ring (bicyclic) bond motifs is 1. The van der Waals surface area contributed by atoms with E-state index >= 15 is 0 Å². The summed E-state index contributed by atoms with van der Waals surface area (Å²) in [5.41, 5.74) is 5.01. The predicted molar refractivity (Wildman–Crippen MR) is 105 cm³/mol. The number of pyridine rings is 2. The van der Waals surface area contributed by atoms with Crippen LogP contribution in [0.2, 0.25) is 0 Å². The van der Waals surface area contributed by atoms with Gasteiger partial charge in [-0.25, -0.2) is 4.98 Å². The van der Waals surface area contributed by atoms with Gasteiger partial charge in [0.25, 0.3) is 0 Å². The van der Waals surface area contributed by atoms with Crippen LogP contribution in [0.5, 0.6) is 0 Å². The summed E-state index contributed by atoms with van der Waals surface area (Å²) >= 11 is 3.43. The van der Waals surface area contributed by atoms with Gasteiger partial charge in [0, 0.05) is 36.5 Å². The molecule has 0 saturated heterocycles. The van der Waals surface area contributed by atoms with Gasteiger partial charge in [-0.2, -0.15) is 0 Å². The van der Waals surface area contributed by atoms with Crippen LogP contribution in [0.4, 0.5) is 11.5 Å². The fraction of sp³-hybridized carbons (Fsp3) is 0.200. The summed E-state index contributed by atoms with van der Waals surface area (Å²) in [6.07, 6.45) is 6.63. The van der Waals surface area contributed by atoms with Crippen molar-refractivity contribution >= 4 is 27.4 Å². The van der Waals surface area contributed by atoms with E-state index in [4.69, 9.17) is 0 Å². The maximum Gasteiger partial charge on any atom is 0.128 e. The molecular weight excluding hydrogens is 376 g/mol. The van der Waals surface area contributed by atoms with Gasteiger partial charge in [-0.1, -0.05) is 30.3 Å². The van der Waals surface area contributed by atoms with E-state index < -0.39 is 0 Å². The Morgan fingerprint density at radius 2 is 1.92 bits per heavy atom. The number of nitrogens with one attached hydrogen (secondary N) is 1. The van der Waals surface area contributed by atoms with Gasteiger partial charge in [-0.15, -0.1) is 0 Å². The fourth-order valence-electron chi connectivity index (χ4n) is 3.11. The van der Waals surface area contributed by atoms with E-state index in [-0.39, 0.29) is 0 Å². The molecule has 1 aromatic carbocycles. The number of benzene rings is 1. The molecule has 4 rings (SSSR count). The third kappa shape index (κ3) is 3.82. The Bertz CT molecular complexity index is 864. The molecule has 0 radical (unpaired) electrons.